The number of aldehydes is 1. The quantitative estimate of drug-likeness (QED) is 0.142. The lowest BCUT2D eigenvalue weighted by molar-refractivity contribution is -0.109. The van der Waals surface area contributed by atoms with E-state index >= 15 is 0 Å². The second kappa shape index (κ2) is 13.1. The lowest BCUT2D eigenvalue weighted by Crippen LogP contribution is -2.21. The van der Waals surface area contributed by atoms with Gasteiger partial charge in [0.05, 0.1) is 17.7 Å². The van der Waals surface area contributed by atoms with Gasteiger partial charge < -0.3 is 25.9 Å². The summed E-state index contributed by atoms with van der Waals surface area (Å²) >= 11 is 0. The Labute approximate surface area is 246 Å². The third-order valence-corrected chi connectivity index (χ3v) is 8.24. The van der Waals surface area contributed by atoms with Crippen LogP contribution in [-0.2, 0) is 19.7 Å². The Kier molecular flexibility index (Phi) is 9.59. The van der Waals surface area contributed by atoms with Crippen LogP contribution in [0.25, 0.3) is 11.1 Å². The number of benzene rings is 3. The highest BCUT2D eigenvalue weighted by Gasteiger charge is 2.43. The number of hydrogen-bond acceptors (Lipinski definition) is 8. The fourth-order valence-corrected chi connectivity index (χ4v) is 4.97. The smallest absolute Gasteiger partial charge is 0.229 e. The lowest BCUT2D eigenvalue weighted by Gasteiger charge is -2.17. The van der Waals surface area contributed by atoms with E-state index in [0.717, 1.165) is 19.1 Å². The van der Waals surface area contributed by atoms with Crippen LogP contribution in [0.5, 0.6) is 0 Å². The normalized spacial score (nSPS) is 15.3. The molecule has 4 aromatic rings. The Morgan fingerprint density at radius 1 is 1.12 bits per heavy atom. The van der Waals surface area contributed by atoms with Crippen molar-refractivity contribution in [3.8, 4) is 11.1 Å². The standard InChI is InChI=1S/C22H26FN5O2S.C10H10O/c1-14(13-29)26-21-18(15-5-10-20(24-2)19(23)11-15)12-25-22(28-21)27-16-6-8-17(9-7-16)31(3,4)30;11-8-10(6-7-10)9-4-2-1-3-5-9/h5-12,14,24,29H,3,13H2,1-2,4H3,(H2,25,26,27,28);1-5,8H,6-7H2/t14-,31?;/m1./s1. The first kappa shape index (κ1) is 30.7. The van der Waals surface area contributed by atoms with Gasteiger partial charge in [-0.3, -0.25) is 4.21 Å². The Bertz CT molecular complexity index is 1630. The number of hydrogen-bond donors (Lipinski definition) is 4. The van der Waals surface area contributed by atoms with E-state index in [2.05, 4.69) is 31.8 Å². The van der Waals surface area contributed by atoms with Gasteiger partial charge in [-0.25, -0.2) is 9.37 Å². The Hall–Kier alpha value is -4.28. The summed E-state index contributed by atoms with van der Waals surface area (Å²) < 4.78 is 26.3. The third kappa shape index (κ3) is 7.51. The number of aliphatic hydroxyl groups excluding tert-OH is 1. The van der Waals surface area contributed by atoms with Crippen molar-refractivity contribution in [1.29, 1.82) is 0 Å². The molecule has 1 aliphatic rings. The molecule has 0 amide bonds. The van der Waals surface area contributed by atoms with Gasteiger partial charge in [0.1, 0.15) is 17.9 Å². The van der Waals surface area contributed by atoms with E-state index in [4.69, 9.17) is 0 Å². The summed E-state index contributed by atoms with van der Waals surface area (Å²) in [6.45, 7) is 1.71. The average molecular weight is 590 g/mol. The molecule has 1 unspecified atom stereocenters. The minimum absolute atomic E-state index is 0.0952. The molecule has 1 aromatic heterocycles. The summed E-state index contributed by atoms with van der Waals surface area (Å²) in [6, 6.07) is 21.6. The number of carbonyl (C=O) groups excluding carboxylic acids is 1. The van der Waals surface area contributed by atoms with Crippen LogP contribution >= 0.6 is 0 Å². The highest BCUT2D eigenvalue weighted by atomic mass is 32.2. The monoisotopic (exact) mass is 589 g/mol. The summed E-state index contributed by atoms with van der Waals surface area (Å²) in [7, 11) is -0.636. The molecule has 1 saturated carbocycles. The van der Waals surface area contributed by atoms with E-state index in [1.807, 2.05) is 37.3 Å². The van der Waals surface area contributed by atoms with Crippen LogP contribution in [0.2, 0.25) is 0 Å². The van der Waals surface area contributed by atoms with Gasteiger partial charge in [0.25, 0.3) is 0 Å². The number of rotatable bonds is 10. The van der Waals surface area contributed by atoms with Crippen LogP contribution in [0.3, 0.4) is 0 Å². The number of nitrogens with one attached hydrogen (secondary N) is 3. The molecule has 4 N–H and O–H groups in total. The second-order valence-corrected chi connectivity index (χ2v) is 12.9. The zero-order chi connectivity index (χ0) is 30.3. The average Bonchev–Trinajstić information content (AvgIpc) is 3.79. The Morgan fingerprint density at radius 2 is 1.81 bits per heavy atom. The van der Waals surface area contributed by atoms with E-state index in [9.17, 15) is 18.5 Å². The fraction of sp³-hybridized carbons (Fsp3) is 0.250. The molecular weight excluding hydrogens is 553 g/mol. The van der Waals surface area contributed by atoms with Gasteiger partial charge in [-0.2, -0.15) is 4.98 Å². The van der Waals surface area contributed by atoms with Crippen LogP contribution in [0, 0.1) is 5.82 Å². The van der Waals surface area contributed by atoms with Crippen molar-refractivity contribution < 1.29 is 18.5 Å². The zero-order valence-electron chi connectivity index (χ0n) is 23.9. The Morgan fingerprint density at radius 3 is 2.36 bits per heavy atom. The van der Waals surface area contributed by atoms with Crippen LogP contribution in [0.1, 0.15) is 25.3 Å². The van der Waals surface area contributed by atoms with Gasteiger partial charge in [0.2, 0.25) is 5.95 Å². The lowest BCUT2D eigenvalue weighted by atomic mass is 9.98. The maximum Gasteiger partial charge on any atom is 0.229 e. The maximum atomic E-state index is 14.3. The van der Waals surface area contributed by atoms with Gasteiger partial charge in [-0.05, 0) is 82.7 Å². The van der Waals surface area contributed by atoms with Gasteiger partial charge in [0, 0.05) is 41.7 Å². The maximum absolute atomic E-state index is 14.3. The van der Waals surface area contributed by atoms with Gasteiger partial charge in [-0.1, -0.05) is 36.4 Å². The van der Waals surface area contributed by atoms with E-state index in [1.54, 1.807) is 55.9 Å². The molecule has 10 heteroatoms. The number of halogens is 1. The Balaban J connectivity index is 0.000000305. The second-order valence-electron chi connectivity index (χ2n) is 10.4. The molecule has 3 aromatic carbocycles. The molecule has 42 heavy (non-hydrogen) atoms. The molecule has 0 radical (unpaired) electrons. The molecule has 0 spiro atoms. The SMILES string of the molecule is C=S(C)(=O)c1ccc(Nc2ncc(-c3ccc(NC)c(F)c3)c(N[C@H](C)CO)n2)cc1.O=CC1(c2ccccc2)CC1. The van der Waals surface area contributed by atoms with Gasteiger partial charge in [0.15, 0.2) is 0 Å². The van der Waals surface area contributed by atoms with E-state index < -0.39 is 9.52 Å². The summed E-state index contributed by atoms with van der Waals surface area (Å²) in [5, 5.41) is 18.5. The van der Waals surface area contributed by atoms with E-state index in [0.29, 0.717) is 39.2 Å². The number of nitrogens with zero attached hydrogens (tertiary/aromatic N) is 2. The van der Waals surface area contributed by atoms with Crippen molar-refractivity contribution in [3.05, 3.63) is 90.4 Å². The number of carbonyl (C=O) groups is 1. The van der Waals surface area contributed by atoms with Crippen molar-refractivity contribution in [2.75, 3.05) is 35.9 Å². The highest BCUT2D eigenvalue weighted by molar-refractivity contribution is 7.99. The molecular formula is C32H36FN5O3S. The predicted octanol–water partition coefficient (Wildman–Crippen LogP) is 5.48. The fourth-order valence-electron chi connectivity index (χ4n) is 4.26. The minimum Gasteiger partial charge on any atom is -0.394 e. The minimum atomic E-state index is -2.29. The topological polar surface area (TPSA) is 116 Å². The van der Waals surface area contributed by atoms with Crippen molar-refractivity contribution in [2.45, 2.75) is 36.1 Å². The van der Waals surface area contributed by atoms with Gasteiger partial charge >= 0.3 is 0 Å². The molecule has 1 heterocycles. The highest BCUT2D eigenvalue weighted by Crippen LogP contribution is 2.45. The molecule has 2 atom stereocenters. The predicted molar refractivity (Wildman–Crippen MR) is 170 cm³/mol. The largest absolute Gasteiger partial charge is 0.394 e. The van der Waals surface area contributed by atoms with Gasteiger partial charge in [-0.15, -0.1) is 0 Å². The first-order valence-corrected chi connectivity index (χ1v) is 15.7. The number of anilines is 4. The molecule has 8 nitrogen and oxygen atoms in total. The molecule has 220 valence electrons. The first-order valence-electron chi connectivity index (χ1n) is 13.5. The summed E-state index contributed by atoms with van der Waals surface area (Å²) in [5.74, 6) is 4.08. The molecule has 1 fully saturated rings. The van der Waals surface area contributed by atoms with E-state index in [1.165, 1.54) is 11.6 Å². The van der Waals surface area contributed by atoms with Crippen LogP contribution in [0.4, 0.5) is 27.5 Å². The molecule has 0 aliphatic heterocycles. The summed E-state index contributed by atoms with van der Waals surface area (Å²) in [6.07, 6.45) is 6.33. The summed E-state index contributed by atoms with van der Waals surface area (Å²) in [4.78, 5) is 20.2. The van der Waals surface area contributed by atoms with Crippen molar-refractivity contribution >= 4 is 44.8 Å². The van der Waals surface area contributed by atoms with Crippen LogP contribution < -0.4 is 16.0 Å². The molecule has 5 rings (SSSR count). The molecule has 0 bridgehead atoms. The van der Waals surface area contributed by atoms with Crippen LogP contribution in [-0.4, -0.2) is 57.4 Å². The molecule has 0 saturated heterocycles. The number of aromatic nitrogens is 2. The van der Waals surface area contributed by atoms with Crippen LogP contribution in [0.15, 0.2) is 83.9 Å². The first-order chi connectivity index (χ1) is 20.1. The zero-order valence-corrected chi connectivity index (χ0v) is 24.7. The van der Waals surface area contributed by atoms with Crippen molar-refractivity contribution in [1.82, 2.24) is 9.97 Å². The third-order valence-electron chi connectivity index (χ3n) is 6.97. The van der Waals surface area contributed by atoms with Crippen molar-refractivity contribution in [2.24, 2.45) is 0 Å². The van der Waals surface area contributed by atoms with Crippen molar-refractivity contribution in [3.63, 3.8) is 0 Å². The molecule has 1 aliphatic carbocycles. The van der Waals surface area contributed by atoms with E-state index in [-0.39, 0.29) is 23.9 Å². The number of aliphatic hydroxyl groups is 1. The summed E-state index contributed by atoms with van der Waals surface area (Å²) in [5.41, 5.74) is 3.39.